The number of piperazine rings is 2. The lowest BCUT2D eigenvalue weighted by atomic mass is 10.2. The molecule has 0 radical (unpaired) electrons. The Bertz CT molecular complexity index is 432. The molecule has 2 aliphatic heterocycles. The van der Waals surface area contributed by atoms with E-state index in [0.717, 1.165) is 64.9 Å². The second kappa shape index (κ2) is 6.68. The second-order valence-electron chi connectivity index (χ2n) is 6.26. The van der Waals surface area contributed by atoms with Gasteiger partial charge in [-0.2, -0.15) is 0 Å². The van der Waals surface area contributed by atoms with E-state index >= 15 is 0 Å². The summed E-state index contributed by atoms with van der Waals surface area (Å²) < 4.78 is 0. The fourth-order valence-electron chi connectivity index (χ4n) is 2.86. The molecule has 3 heterocycles. The van der Waals surface area contributed by atoms with E-state index in [1.165, 1.54) is 5.56 Å². The molecular weight excluding hydrogens is 264 g/mol. The maximum absolute atomic E-state index is 4.57. The van der Waals surface area contributed by atoms with E-state index in [-0.39, 0.29) is 0 Å². The van der Waals surface area contributed by atoms with Crippen LogP contribution in [0.3, 0.4) is 0 Å². The van der Waals surface area contributed by atoms with E-state index in [4.69, 9.17) is 0 Å². The minimum Gasteiger partial charge on any atom is -0.338 e. The molecule has 2 aliphatic rings. The first-order valence-electron chi connectivity index (χ1n) is 7.86. The SMILES string of the molecule is CN1CCN(Cc2cnc(N3CCN(C)CC3)nc2)CC1. The van der Waals surface area contributed by atoms with Crippen LogP contribution in [-0.4, -0.2) is 91.1 Å². The molecule has 6 heteroatoms. The minimum atomic E-state index is 0.880. The molecule has 2 saturated heterocycles. The second-order valence-corrected chi connectivity index (χ2v) is 6.26. The van der Waals surface area contributed by atoms with Crippen LogP contribution in [0.5, 0.6) is 0 Å². The van der Waals surface area contributed by atoms with Crippen molar-refractivity contribution in [1.29, 1.82) is 0 Å². The molecule has 2 fully saturated rings. The van der Waals surface area contributed by atoms with E-state index in [1.807, 2.05) is 12.4 Å². The van der Waals surface area contributed by atoms with Gasteiger partial charge in [-0.05, 0) is 14.1 Å². The summed E-state index contributed by atoms with van der Waals surface area (Å²) in [7, 11) is 4.35. The zero-order valence-corrected chi connectivity index (χ0v) is 13.2. The third-order valence-electron chi connectivity index (χ3n) is 4.48. The highest BCUT2D eigenvalue weighted by atomic mass is 15.3. The summed E-state index contributed by atoms with van der Waals surface area (Å²) in [5.41, 5.74) is 1.22. The number of aromatic nitrogens is 2. The van der Waals surface area contributed by atoms with Crippen molar-refractivity contribution in [2.45, 2.75) is 6.54 Å². The highest BCUT2D eigenvalue weighted by Crippen LogP contribution is 2.12. The first kappa shape index (κ1) is 14.7. The molecule has 116 valence electrons. The largest absolute Gasteiger partial charge is 0.338 e. The van der Waals surface area contributed by atoms with Gasteiger partial charge >= 0.3 is 0 Å². The summed E-state index contributed by atoms with van der Waals surface area (Å²) in [4.78, 5) is 18.6. The minimum absolute atomic E-state index is 0.880. The molecule has 21 heavy (non-hydrogen) atoms. The third kappa shape index (κ3) is 3.90. The molecule has 0 atom stereocenters. The fourth-order valence-corrected chi connectivity index (χ4v) is 2.86. The van der Waals surface area contributed by atoms with E-state index < -0.39 is 0 Å². The molecule has 6 nitrogen and oxygen atoms in total. The van der Waals surface area contributed by atoms with Crippen molar-refractivity contribution >= 4 is 5.95 Å². The molecule has 0 saturated carbocycles. The average Bonchev–Trinajstić information content (AvgIpc) is 2.51. The Morgan fingerprint density at radius 3 is 1.90 bits per heavy atom. The monoisotopic (exact) mass is 290 g/mol. The molecule has 3 rings (SSSR count). The van der Waals surface area contributed by atoms with Gasteiger partial charge in [0.05, 0.1) is 0 Å². The van der Waals surface area contributed by atoms with Crippen molar-refractivity contribution in [2.75, 3.05) is 71.4 Å². The van der Waals surface area contributed by atoms with Gasteiger partial charge in [-0.3, -0.25) is 4.90 Å². The van der Waals surface area contributed by atoms with Crippen LogP contribution in [0.4, 0.5) is 5.95 Å². The highest BCUT2D eigenvalue weighted by Gasteiger charge is 2.17. The Balaban J connectivity index is 1.54. The van der Waals surface area contributed by atoms with Gasteiger partial charge in [0.2, 0.25) is 5.95 Å². The lowest BCUT2D eigenvalue weighted by Crippen LogP contribution is -2.45. The van der Waals surface area contributed by atoms with Gasteiger partial charge in [0.15, 0.2) is 0 Å². The molecule has 1 aromatic heterocycles. The van der Waals surface area contributed by atoms with Crippen molar-refractivity contribution in [3.8, 4) is 0 Å². The van der Waals surface area contributed by atoms with Gasteiger partial charge in [-0.1, -0.05) is 0 Å². The number of hydrogen-bond donors (Lipinski definition) is 0. The topological polar surface area (TPSA) is 38.7 Å². The molecule has 0 spiro atoms. The van der Waals surface area contributed by atoms with Gasteiger partial charge in [-0.25, -0.2) is 9.97 Å². The summed E-state index contributed by atoms with van der Waals surface area (Å²) in [5.74, 6) is 0.880. The highest BCUT2D eigenvalue weighted by molar-refractivity contribution is 5.30. The van der Waals surface area contributed by atoms with Crippen LogP contribution in [0, 0.1) is 0 Å². The van der Waals surface area contributed by atoms with E-state index in [9.17, 15) is 0 Å². The van der Waals surface area contributed by atoms with Crippen molar-refractivity contribution < 1.29 is 0 Å². The van der Waals surface area contributed by atoms with Crippen molar-refractivity contribution in [1.82, 2.24) is 24.7 Å². The Hall–Kier alpha value is -1.24. The summed E-state index contributed by atoms with van der Waals surface area (Å²) in [6, 6.07) is 0. The average molecular weight is 290 g/mol. The quantitative estimate of drug-likeness (QED) is 0.779. The Morgan fingerprint density at radius 2 is 1.33 bits per heavy atom. The molecule has 0 N–H and O–H groups in total. The Kier molecular flexibility index (Phi) is 4.67. The van der Waals surface area contributed by atoms with Crippen molar-refractivity contribution in [2.24, 2.45) is 0 Å². The van der Waals surface area contributed by atoms with Crippen molar-refractivity contribution in [3.63, 3.8) is 0 Å². The molecule has 0 bridgehead atoms. The zero-order valence-electron chi connectivity index (χ0n) is 13.2. The third-order valence-corrected chi connectivity index (χ3v) is 4.48. The van der Waals surface area contributed by atoms with Gasteiger partial charge in [-0.15, -0.1) is 0 Å². The van der Waals surface area contributed by atoms with Gasteiger partial charge in [0, 0.05) is 76.9 Å². The summed E-state index contributed by atoms with van der Waals surface area (Å²) in [6.45, 7) is 9.77. The molecule has 0 unspecified atom stereocenters. The van der Waals surface area contributed by atoms with E-state index in [2.05, 4.69) is 43.7 Å². The molecule has 0 aliphatic carbocycles. The standard InChI is InChI=1S/C15H26N6/c1-18-3-7-20(8-4-18)13-14-11-16-15(17-12-14)21-9-5-19(2)6-10-21/h11-12H,3-10,13H2,1-2H3. The first-order chi connectivity index (χ1) is 10.2. The van der Waals surface area contributed by atoms with Crippen LogP contribution < -0.4 is 4.90 Å². The van der Waals surface area contributed by atoms with Crippen LogP contribution in [0.15, 0.2) is 12.4 Å². The van der Waals surface area contributed by atoms with Gasteiger partial charge in [0.1, 0.15) is 0 Å². The Morgan fingerprint density at radius 1 is 0.810 bits per heavy atom. The summed E-state index contributed by atoms with van der Waals surface area (Å²) in [5, 5.41) is 0. The van der Waals surface area contributed by atoms with Gasteiger partial charge < -0.3 is 14.7 Å². The molecular formula is C15H26N6. The molecule has 0 amide bonds. The van der Waals surface area contributed by atoms with E-state index in [1.54, 1.807) is 0 Å². The fraction of sp³-hybridized carbons (Fsp3) is 0.733. The summed E-state index contributed by atoms with van der Waals surface area (Å²) in [6.07, 6.45) is 4.00. The van der Waals surface area contributed by atoms with Crippen LogP contribution in [0.2, 0.25) is 0 Å². The van der Waals surface area contributed by atoms with Crippen LogP contribution in [-0.2, 0) is 6.54 Å². The van der Waals surface area contributed by atoms with Crippen LogP contribution in [0.25, 0.3) is 0 Å². The summed E-state index contributed by atoms with van der Waals surface area (Å²) >= 11 is 0. The molecule has 1 aromatic rings. The maximum atomic E-state index is 4.57. The van der Waals surface area contributed by atoms with E-state index in [0.29, 0.717) is 0 Å². The smallest absolute Gasteiger partial charge is 0.225 e. The predicted molar refractivity (Wildman–Crippen MR) is 84.5 cm³/mol. The van der Waals surface area contributed by atoms with Crippen LogP contribution in [0.1, 0.15) is 5.56 Å². The van der Waals surface area contributed by atoms with Crippen LogP contribution >= 0.6 is 0 Å². The lowest BCUT2D eigenvalue weighted by molar-refractivity contribution is 0.148. The Labute approximate surface area is 127 Å². The predicted octanol–water partition coefficient (Wildman–Crippen LogP) is -0.0242. The molecule has 0 aromatic carbocycles. The maximum Gasteiger partial charge on any atom is 0.225 e. The zero-order chi connectivity index (χ0) is 14.7. The number of anilines is 1. The van der Waals surface area contributed by atoms with Crippen molar-refractivity contribution in [3.05, 3.63) is 18.0 Å². The number of rotatable bonds is 3. The first-order valence-corrected chi connectivity index (χ1v) is 7.86. The van der Waals surface area contributed by atoms with Gasteiger partial charge in [0.25, 0.3) is 0 Å². The normalized spacial score (nSPS) is 22.7. The number of hydrogen-bond acceptors (Lipinski definition) is 6. The number of nitrogens with zero attached hydrogens (tertiary/aromatic N) is 6. The lowest BCUT2D eigenvalue weighted by Gasteiger charge is -2.33. The number of likely N-dealkylation sites (N-methyl/N-ethyl adjacent to an activating group) is 2.